The highest BCUT2D eigenvalue weighted by Gasteiger charge is 2.30. The molecule has 2 rings (SSSR count). The molecule has 30 heavy (non-hydrogen) atoms. The van der Waals surface area contributed by atoms with Crippen LogP contribution in [0.1, 0.15) is 12.5 Å². The number of rotatable bonds is 8. The lowest BCUT2D eigenvalue weighted by Crippen LogP contribution is -2.50. The van der Waals surface area contributed by atoms with Crippen LogP contribution in [0.5, 0.6) is 0 Å². The van der Waals surface area contributed by atoms with Crippen molar-refractivity contribution < 1.29 is 22.4 Å². The SMILES string of the molecule is CNC(=O)[C@H](C)N(Cc1ccccc1F)C(=O)CN(c1ccc(Cl)cc1)S(C)(=O)=O. The summed E-state index contributed by atoms with van der Waals surface area (Å²) in [5.74, 6) is -1.65. The molecule has 0 aromatic heterocycles. The molecule has 7 nitrogen and oxygen atoms in total. The molecule has 2 aromatic carbocycles. The maximum absolute atomic E-state index is 14.2. The Morgan fingerprint density at radius 2 is 1.73 bits per heavy atom. The molecule has 10 heteroatoms. The summed E-state index contributed by atoms with van der Waals surface area (Å²) in [6.07, 6.45) is 0.971. The highest BCUT2D eigenvalue weighted by atomic mass is 35.5. The van der Waals surface area contributed by atoms with Crippen LogP contribution >= 0.6 is 11.6 Å². The van der Waals surface area contributed by atoms with Gasteiger partial charge in [-0.2, -0.15) is 0 Å². The van der Waals surface area contributed by atoms with Crippen molar-refractivity contribution >= 4 is 39.1 Å². The molecular weight excluding hydrogens is 433 g/mol. The van der Waals surface area contributed by atoms with Crippen molar-refractivity contribution in [2.75, 3.05) is 24.2 Å². The summed E-state index contributed by atoms with van der Waals surface area (Å²) >= 11 is 5.86. The number of benzene rings is 2. The molecule has 162 valence electrons. The summed E-state index contributed by atoms with van der Waals surface area (Å²) in [6, 6.07) is 10.9. The summed E-state index contributed by atoms with van der Waals surface area (Å²) in [7, 11) is -2.41. The van der Waals surface area contributed by atoms with E-state index in [2.05, 4.69) is 5.32 Å². The third-order valence-corrected chi connectivity index (χ3v) is 5.90. The number of amides is 2. The summed E-state index contributed by atoms with van der Waals surface area (Å²) in [5.41, 5.74) is 0.452. The predicted octanol–water partition coefficient (Wildman–Crippen LogP) is 2.41. The second-order valence-corrected chi connectivity index (χ2v) is 8.99. The lowest BCUT2D eigenvalue weighted by Gasteiger charge is -2.31. The minimum absolute atomic E-state index is 0.196. The Morgan fingerprint density at radius 3 is 2.27 bits per heavy atom. The first kappa shape index (κ1) is 23.6. The number of likely N-dealkylation sites (N-methyl/N-ethyl adjacent to an activating group) is 1. The largest absolute Gasteiger partial charge is 0.357 e. The molecule has 0 saturated carbocycles. The number of nitrogens with zero attached hydrogens (tertiary/aromatic N) is 2. The lowest BCUT2D eigenvalue weighted by atomic mass is 10.1. The van der Waals surface area contributed by atoms with Crippen molar-refractivity contribution in [2.45, 2.75) is 19.5 Å². The van der Waals surface area contributed by atoms with Gasteiger partial charge in [0.2, 0.25) is 21.8 Å². The fourth-order valence-electron chi connectivity index (χ4n) is 2.82. The maximum atomic E-state index is 14.2. The summed E-state index contributed by atoms with van der Waals surface area (Å²) in [4.78, 5) is 26.4. The third kappa shape index (κ3) is 5.93. The van der Waals surface area contributed by atoms with E-state index < -0.39 is 40.2 Å². The summed E-state index contributed by atoms with van der Waals surface area (Å²) in [6.45, 7) is 0.735. The molecule has 0 radical (unpaired) electrons. The van der Waals surface area contributed by atoms with E-state index in [0.29, 0.717) is 5.02 Å². The Bertz CT molecular complexity index is 1010. The molecule has 2 aromatic rings. The van der Waals surface area contributed by atoms with Crippen molar-refractivity contribution in [1.82, 2.24) is 10.2 Å². The smallest absolute Gasteiger partial charge is 0.244 e. The van der Waals surface area contributed by atoms with E-state index in [1.165, 1.54) is 56.4 Å². The zero-order valence-electron chi connectivity index (χ0n) is 16.8. The molecule has 0 aliphatic heterocycles. The van der Waals surface area contributed by atoms with Crippen molar-refractivity contribution in [3.63, 3.8) is 0 Å². The second-order valence-electron chi connectivity index (χ2n) is 6.65. The minimum Gasteiger partial charge on any atom is -0.357 e. The summed E-state index contributed by atoms with van der Waals surface area (Å²) in [5, 5.41) is 2.86. The third-order valence-electron chi connectivity index (χ3n) is 4.51. The Balaban J connectivity index is 2.38. The van der Waals surface area contributed by atoms with Gasteiger partial charge in [-0.15, -0.1) is 0 Å². The number of carbonyl (C=O) groups excluding carboxylic acids is 2. The van der Waals surface area contributed by atoms with Crippen molar-refractivity contribution in [2.24, 2.45) is 0 Å². The van der Waals surface area contributed by atoms with Crippen LogP contribution in [0.4, 0.5) is 10.1 Å². The first-order valence-corrected chi connectivity index (χ1v) is 11.2. The number of hydrogen-bond donors (Lipinski definition) is 1. The van der Waals surface area contributed by atoms with Gasteiger partial charge in [0, 0.05) is 24.2 Å². The Labute approximate surface area is 180 Å². The van der Waals surface area contributed by atoms with Gasteiger partial charge in [0.25, 0.3) is 0 Å². The molecule has 0 fully saturated rings. The van der Waals surface area contributed by atoms with Gasteiger partial charge in [-0.05, 0) is 37.3 Å². The van der Waals surface area contributed by atoms with Crippen LogP contribution in [-0.4, -0.2) is 51.0 Å². The van der Waals surface area contributed by atoms with Crippen LogP contribution in [0.3, 0.4) is 0 Å². The average molecular weight is 456 g/mol. The number of nitrogens with one attached hydrogen (secondary N) is 1. The lowest BCUT2D eigenvalue weighted by molar-refractivity contribution is -0.139. The van der Waals surface area contributed by atoms with E-state index in [-0.39, 0.29) is 17.8 Å². The topological polar surface area (TPSA) is 86.8 Å². The standard InChI is InChI=1S/C20H23ClFN3O4S/c1-14(20(27)23-2)24(12-15-6-4-5-7-18(15)22)19(26)13-25(30(3,28)29)17-10-8-16(21)9-11-17/h4-11,14H,12-13H2,1-3H3,(H,23,27)/t14-/m0/s1. The van der Waals surface area contributed by atoms with Crippen LogP contribution in [0.25, 0.3) is 0 Å². The molecular formula is C20H23ClFN3O4S. The summed E-state index contributed by atoms with van der Waals surface area (Å²) < 4.78 is 39.7. The normalized spacial score (nSPS) is 12.2. The van der Waals surface area contributed by atoms with Gasteiger partial charge < -0.3 is 10.2 Å². The minimum atomic E-state index is -3.82. The van der Waals surface area contributed by atoms with Gasteiger partial charge in [-0.3, -0.25) is 13.9 Å². The van der Waals surface area contributed by atoms with Gasteiger partial charge in [-0.1, -0.05) is 29.8 Å². The Kier molecular flexibility index (Phi) is 7.80. The van der Waals surface area contributed by atoms with E-state index in [0.717, 1.165) is 15.5 Å². The highest BCUT2D eigenvalue weighted by Crippen LogP contribution is 2.21. The zero-order valence-corrected chi connectivity index (χ0v) is 18.4. The van der Waals surface area contributed by atoms with Gasteiger partial charge in [0.15, 0.2) is 0 Å². The van der Waals surface area contributed by atoms with Gasteiger partial charge in [0.05, 0.1) is 11.9 Å². The first-order chi connectivity index (χ1) is 14.0. The van der Waals surface area contributed by atoms with E-state index >= 15 is 0 Å². The number of sulfonamides is 1. The predicted molar refractivity (Wildman–Crippen MR) is 114 cm³/mol. The fraction of sp³-hybridized carbons (Fsp3) is 0.300. The van der Waals surface area contributed by atoms with Crippen LogP contribution < -0.4 is 9.62 Å². The molecule has 0 aliphatic carbocycles. The van der Waals surface area contributed by atoms with Crippen LogP contribution in [0.2, 0.25) is 5.02 Å². The van der Waals surface area contributed by atoms with Gasteiger partial charge >= 0.3 is 0 Å². The first-order valence-electron chi connectivity index (χ1n) is 9.02. The van der Waals surface area contributed by atoms with Crippen LogP contribution in [0, 0.1) is 5.82 Å². The Hall–Kier alpha value is -2.65. The second kappa shape index (κ2) is 9.90. The van der Waals surface area contributed by atoms with E-state index in [4.69, 9.17) is 11.6 Å². The van der Waals surface area contributed by atoms with Gasteiger partial charge in [0.1, 0.15) is 18.4 Å². The maximum Gasteiger partial charge on any atom is 0.244 e. The fourth-order valence-corrected chi connectivity index (χ4v) is 3.80. The van der Waals surface area contributed by atoms with Gasteiger partial charge in [-0.25, -0.2) is 12.8 Å². The van der Waals surface area contributed by atoms with Crippen molar-refractivity contribution in [3.05, 3.63) is 64.9 Å². The number of carbonyl (C=O) groups is 2. The molecule has 0 unspecified atom stereocenters. The molecule has 0 heterocycles. The van der Waals surface area contributed by atoms with Crippen LogP contribution in [-0.2, 0) is 26.2 Å². The molecule has 0 aliphatic rings. The van der Waals surface area contributed by atoms with Crippen molar-refractivity contribution in [3.8, 4) is 0 Å². The van der Waals surface area contributed by atoms with E-state index in [1.54, 1.807) is 6.07 Å². The zero-order chi connectivity index (χ0) is 22.5. The molecule has 2 amide bonds. The molecule has 1 atom stereocenters. The molecule has 0 bridgehead atoms. The quantitative estimate of drug-likeness (QED) is 0.662. The molecule has 0 saturated heterocycles. The number of anilines is 1. The molecule has 0 spiro atoms. The average Bonchev–Trinajstić information content (AvgIpc) is 2.70. The van der Waals surface area contributed by atoms with Crippen molar-refractivity contribution in [1.29, 1.82) is 0 Å². The number of hydrogen-bond acceptors (Lipinski definition) is 4. The van der Waals surface area contributed by atoms with Crippen LogP contribution in [0.15, 0.2) is 48.5 Å². The van der Waals surface area contributed by atoms with E-state index in [9.17, 15) is 22.4 Å². The monoisotopic (exact) mass is 455 g/mol. The van der Waals surface area contributed by atoms with E-state index in [1.807, 2.05) is 0 Å². The number of halogens is 2. The molecule has 1 N–H and O–H groups in total. The Morgan fingerprint density at radius 1 is 1.13 bits per heavy atom. The highest BCUT2D eigenvalue weighted by molar-refractivity contribution is 7.92.